The Kier molecular flexibility index (Phi) is 8.48. The van der Waals surface area contributed by atoms with Gasteiger partial charge in [-0.15, -0.1) is 0 Å². The summed E-state index contributed by atoms with van der Waals surface area (Å²) in [7, 11) is -3.43. The maximum Gasteiger partial charge on any atom is 0.316 e. The molecular weight excluding hydrogens is 484 g/mol. The van der Waals surface area contributed by atoms with Crippen molar-refractivity contribution >= 4 is 27.5 Å². The highest BCUT2D eigenvalue weighted by Gasteiger charge is 2.29. The van der Waals surface area contributed by atoms with E-state index >= 15 is 0 Å². The summed E-state index contributed by atoms with van der Waals surface area (Å²) in [6.07, 6.45) is 1.64. The van der Waals surface area contributed by atoms with Crippen molar-refractivity contribution < 1.29 is 13.2 Å². The first-order valence-corrected chi connectivity index (χ1v) is 14.4. The Balaban J connectivity index is 1.53. The Morgan fingerprint density at radius 3 is 2.29 bits per heavy atom. The van der Waals surface area contributed by atoms with Crippen LogP contribution >= 0.6 is 11.8 Å². The van der Waals surface area contributed by atoms with E-state index in [1.807, 2.05) is 65.6 Å². The summed E-state index contributed by atoms with van der Waals surface area (Å²) in [5.41, 5.74) is 1.70. The normalized spacial score (nSPS) is 14.7. The fourth-order valence-electron chi connectivity index (χ4n) is 3.97. The molecule has 0 bridgehead atoms. The zero-order chi connectivity index (χ0) is 24.7. The Bertz CT molecular complexity index is 1260. The van der Waals surface area contributed by atoms with Crippen LogP contribution in [0.15, 0.2) is 71.7 Å². The lowest BCUT2D eigenvalue weighted by Gasteiger charge is -2.35. The standard InChI is InChI=1S/C25H30N4O4S2/c1-2-34-18-17-33-24-23(19-26-29(25(24)30)22-11-7-4-8-12-22)27-13-15-28(16-14-27)35(31,32)20-21-9-5-3-6-10-21/h3-12,19H,2,13-18,20H2,1H3. The first-order chi connectivity index (χ1) is 17.0. The van der Waals surface area contributed by atoms with Crippen molar-refractivity contribution in [2.75, 3.05) is 49.2 Å². The van der Waals surface area contributed by atoms with Crippen molar-refractivity contribution in [1.82, 2.24) is 14.1 Å². The number of ether oxygens (including phenoxy) is 1. The van der Waals surface area contributed by atoms with Gasteiger partial charge in [-0.05, 0) is 23.4 Å². The van der Waals surface area contributed by atoms with E-state index in [4.69, 9.17) is 4.74 Å². The zero-order valence-electron chi connectivity index (χ0n) is 19.7. The van der Waals surface area contributed by atoms with Gasteiger partial charge in [-0.25, -0.2) is 8.42 Å². The van der Waals surface area contributed by atoms with Crippen LogP contribution in [0.2, 0.25) is 0 Å². The third-order valence-corrected chi connectivity index (χ3v) is 8.47. The third kappa shape index (κ3) is 6.25. The van der Waals surface area contributed by atoms with Crippen molar-refractivity contribution in [1.29, 1.82) is 0 Å². The molecule has 3 aromatic rings. The van der Waals surface area contributed by atoms with Gasteiger partial charge in [-0.3, -0.25) is 4.79 Å². The maximum atomic E-state index is 13.4. The second-order valence-corrected chi connectivity index (χ2v) is 11.4. The van der Waals surface area contributed by atoms with E-state index in [1.54, 1.807) is 18.0 Å². The van der Waals surface area contributed by atoms with E-state index in [2.05, 4.69) is 12.0 Å². The van der Waals surface area contributed by atoms with E-state index in [9.17, 15) is 13.2 Å². The van der Waals surface area contributed by atoms with Crippen LogP contribution in [0.1, 0.15) is 12.5 Å². The molecule has 0 unspecified atom stereocenters. The number of nitrogens with zero attached hydrogens (tertiary/aromatic N) is 4. The van der Waals surface area contributed by atoms with Crippen LogP contribution in [0.25, 0.3) is 5.69 Å². The number of piperazine rings is 1. The van der Waals surface area contributed by atoms with Crippen molar-refractivity contribution in [3.63, 3.8) is 0 Å². The number of thioether (sulfide) groups is 1. The highest BCUT2D eigenvalue weighted by atomic mass is 32.2. The summed E-state index contributed by atoms with van der Waals surface area (Å²) >= 11 is 1.74. The van der Waals surface area contributed by atoms with Crippen LogP contribution in [0.5, 0.6) is 5.75 Å². The highest BCUT2D eigenvalue weighted by Crippen LogP contribution is 2.26. The minimum Gasteiger partial charge on any atom is -0.485 e. The Hall–Kier alpha value is -2.82. The maximum absolute atomic E-state index is 13.4. The third-order valence-electron chi connectivity index (χ3n) is 5.76. The second-order valence-electron chi connectivity index (χ2n) is 8.08. The number of para-hydroxylation sites is 1. The summed E-state index contributed by atoms with van der Waals surface area (Å²) in [6, 6.07) is 18.4. The van der Waals surface area contributed by atoms with Crippen LogP contribution in [-0.4, -0.2) is 66.8 Å². The Labute approximate surface area is 210 Å². The average molecular weight is 515 g/mol. The Morgan fingerprint density at radius 1 is 0.971 bits per heavy atom. The number of anilines is 1. The summed E-state index contributed by atoms with van der Waals surface area (Å²) in [5, 5.41) is 4.40. The highest BCUT2D eigenvalue weighted by molar-refractivity contribution is 7.99. The number of rotatable bonds is 10. The van der Waals surface area contributed by atoms with Gasteiger partial charge in [0.2, 0.25) is 15.8 Å². The molecule has 0 N–H and O–H groups in total. The van der Waals surface area contributed by atoms with E-state index in [1.165, 1.54) is 8.99 Å². The van der Waals surface area contributed by atoms with Crippen LogP contribution in [0.4, 0.5) is 5.69 Å². The van der Waals surface area contributed by atoms with Gasteiger partial charge in [0.15, 0.2) is 0 Å². The molecular formula is C25H30N4O4S2. The molecule has 8 nitrogen and oxygen atoms in total. The van der Waals surface area contributed by atoms with Gasteiger partial charge in [0.05, 0.1) is 24.2 Å². The van der Waals surface area contributed by atoms with Crippen LogP contribution in [0.3, 0.4) is 0 Å². The summed E-state index contributed by atoms with van der Waals surface area (Å²) < 4.78 is 34.7. The van der Waals surface area contributed by atoms with Crippen molar-refractivity contribution in [3.8, 4) is 11.4 Å². The second kappa shape index (κ2) is 11.7. The van der Waals surface area contributed by atoms with Crippen LogP contribution < -0.4 is 15.2 Å². The Morgan fingerprint density at radius 2 is 1.63 bits per heavy atom. The first-order valence-electron chi connectivity index (χ1n) is 11.6. The minimum absolute atomic E-state index is 0.0219. The van der Waals surface area contributed by atoms with Gasteiger partial charge >= 0.3 is 5.56 Å². The van der Waals surface area contributed by atoms with Gasteiger partial charge in [0.1, 0.15) is 5.69 Å². The fourth-order valence-corrected chi connectivity index (χ4v) is 5.98. The molecule has 0 spiro atoms. The van der Waals surface area contributed by atoms with Crippen molar-refractivity contribution in [3.05, 3.63) is 82.8 Å². The molecule has 35 heavy (non-hydrogen) atoms. The summed E-state index contributed by atoms with van der Waals surface area (Å²) in [6.45, 7) is 4.06. The van der Waals surface area contributed by atoms with Crippen molar-refractivity contribution in [2.45, 2.75) is 12.7 Å². The molecule has 1 saturated heterocycles. The van der Waals surface area contributed by atoms with Gasteiger partial charge in [-0.2, -0.15) is 25.8 Å². The molecule has 1 aliphatic rings. The molecule has 1 aliphatic heterocycles. The first kappa shape index (κ1) is 25.3. The van der Waals surface area contributed by atoms with Gasteiger partial charge in [0, 0.05) is 31.9 Å². The lowest BCUT2D eigenvalue weighted by molar-refractivity contribution is 0.332. The molecule has 2 aromatic carbocycles. The monoisotopic (exact) mass is 514 g/mol. The molecule has 4 rings (SSSR count). The summed E-state index contributed by atoms with van der Waals surface area (Å²) in [4.78, 5) is 15.3. The molecule has 0 amide bonds. The van der Waals surface area contributed by atoms with Crippen LogP contribution in [0, 0.1) is 0 Å². The molecule has 10 heteroatoms. The number of hydrogen-bond donors (Lipinski definition) is 0. The summed E-state index contributed by atoms with van der Waals surface area (Å²) in [5.74, 6) is 1.97. The van der Waals surface area contributed by atoms with E-state index < -0.39 is 10.0 Å². The topological polar surface area (TPSA) is 84.7 Å². The van der Waals surface area contributed by atoms with Crippen LogP contribution in [-0.2, 0) is 15.8 Å². The molecule has 0 aliphatic carbocycles. The molecule has 0 saturated carbocycles. The molecule has 1 aromatic heterocycles. The zero-order valence-corrected chi connectivity index (χ0v) is 21.4. The van der Waals surface area contributed by atoms with Gasteiger partial charge in [-0.1, -0.05) is 55.5 Å². The van der Waals surface area contributed by atoms with Gasteiger partial charge in [0.25, 0.3) is 0 Å². The lowest BCUT2D eigenvalue weighted by Crippen LogP contribution is -2.49. The minimum atomic E-state index is -3.43. The molecule has 186 valence electrons. The van der Waals surface area contributed by atoms with E-state index in [0.717, 1.165) is 17.1 Å². The smallest absolute Gasteiger partial charge is 0.316 e. The predicted molar refractivity (Wildman–Crippen MR) is 141 cm³/mol. The average Bonchev–Trinajstić information content (AvgIpc) is 2.88. The quantitative estimate of drug-likeness (QED) is 0.385. The van der Waals surface area contributed by atoms with Gasteiger partial charge < -0.3 is 9.64 Å². The molecule has 0 radical (unpaired) electrons. The largest absolute Gasteiger partial charge is 0.485 e. The predicted octanol–water partition coefficient (Wildman–Crippen LogP) is 3.02. The van der Waals surface area contributed by atoms with E-state index in [0.29, 0.717) is 44.2 Å². The van der Waals surface area contributed by atoms with Crippen molar-refractivity contribution in [2.24, 2.45) is 0 Å². The number of hydrogen-bond acceptors (Lipinski definition) is 7. The number of benzene rings is 2. The molecule has 2 heterocycles. The number of aromatic nitrogens is 2. The molecule has 1 fully saturated rings. The lowest BCUT2D eigenvalue weighted by atomic mass is 10.2. The number of sulfonamides is 1. The fraction of sp³-hybridized carbons (Fsp3) is 0.360. The SMILES string of the molecule is CCSCCOc1c(N2CCN(S(=O)(=O)Cc3ccccc3)CC2)cnn(-c2ccccc2)c1=O. The molecule has 0 atom stereocenters. The van der Waals surface area contributed by atoms with E-state index in [-0.39, 0.29) is 17.1 Å².